The lowest BCUT2D eigenvalue weighted by Gasteiger charge is -2.11. The Morgan fingerprint density at radius 2 is 1.83 bits per heavy atom. The molecule has 1 heterocycles. The number of amides is 1. The topological polar surface area (TPSA) is 38.3 Å². The van der Waals surface area contributed by atoms with Gasteiger partial charge in [-0.1, -0.05) is 59.4 Å². The molecule has 1 fully saturated rings. The lowest BCUT2D eigenvalue weighted by molar-refractivity contribution is -0.115. The predicted octanol–water partition coefficient (Wildman–Crippen LogP) is 4.47. The van der Waals surface area contributed by atoms with Crippen molar-refractivity contribution in [1.82, 2.24) is 5.32 Å². The van der Waals surface area contributed by atoms with Gasteiger partial charge in [-0.15, -0.1) is 0 Å². The van der Waals surface area contributed by atoms with Gasteiger partial charge < -0.3 is 10.1 Å². The molecule has 24 heavy (non-hydrogen) atoms. The number of methoxy groups -OCH3 is 1. The molecular weight excluding hydrogens is 338 g/mol. The van der Waals surface area contributed by atoms with Crippen molar-refractivity contribution >= 4 is 40.3 Å². The van der Waals surface area contributed by atoms with Crippen LogP contribution in [-0.2, 0) is 4.79 Å². The molecule has 1 N–H and O–H groups in total. The van der Waals surface area contributed by atoms with Crippen molar-refractivity contribution in [2.75, 3.05) is 7.11 Å². The normalized spacial score (nSPS) is 15.7. The van der Waals surface area contributed by atoms with Crippen molar-refractivity contribution in [2.45, 2.75) is 13.8 Å². The summed E-state index contributed by atoms with van der Waals surface area (Å²) in [7, 11) is 1.67. The standard InChI is InChI=1S/C19H17NO2S2/c1-11-6-12(2)8-14(7-11)15-9-13(4-5-16(15)22-3)10-17-18(21)20-19(23)24-17/h4-10H,1-3H3,(H,20,21,23)/b17-10-. The van der Waals surface area contributed by atoms with E-state index in [0.717, 1.165) is 22.4 Å². The maximum absolute atomic E-state index is 11.8. The van der Waals surface area contributed by atoms with Crippen LogP contribution in [0.15, 0.2) is 41.3 Å². The van der Waals surface area contributed by atoms with E-state index in [2.05, 4.69) is 37.4 Å². The maximum atomic E-state index is 11.8. The average Bonchev–Trinajstić information content (AvgIpc) is 2.84. The van der Waals surface area contributed by atoms with Crippen LogP contribution in [0.25, 0.3) is 17.2 Å². The van der Waals surface area contributed by atoms with Gasteiger partial charge in [0, 0.05) is 5.56 Å². The molecule has 2 aromatic carbocycles. The van der Waals surface area contributed by atoms with Crippen LogP contribution in [-0.4, -0.2) is 17.3 Å². The first-order valence-corrected chi connectivity index (χ1v) is 8.70. The zero-order chi connectivity index (χ0) is 17.3. The van der Waals surface area contributed by atoms with Crippen LogP contribution in [0.3, 0.4) is 0 Å². The van der Waals surface area contributed by atoms with Crippen LogP contribution in [0, 0.1) is 13.8 Å². The van der Waals surface area contributed by atoms with E-state index in [1.165, 1.54) is 22.9 Å². The second kappa shape index (κ2) is 6.79. The monoisotopic (exact) mass is 355 g/mol. The lowest BCUT2D eigenvalue weighted by atomic mass is 9.98. The molecule has 0 aliphatic carbocycles. The predicted molar refractivity (Wildman–Crippen MR) is 104 cm³/mol. The van der Waals surface area contributed by atoms with Crippen LogP contribution >= 0.6 is 24.0 Å². The van der Waals surface area contributed by atoms with Gasteiger partial charge in [-0.25, -0.2) is 0 Å². The number of rotatable bonds is 3. The Labute approximate surface area is 151 Å². The van der Waals surface area contributed by atoms with Crippen LogP contribution in [0.1, 0.15) is 16.7 Å². The molecule has 0 spiro atoms. The quantitative estimate of drug-likeness (QED) is 0.651. The molecule has 0 aromatic heterocycles. The van der Waals surface area contributed by atoms with E-state index in [-0.39, 0.29) is 5.91 Å². The minimum atomic E-state index is -0.145. The van der Waals surface area contributed by atoms with Crippen molar-refractivity contribution in [3.8, 4) is 16.9 Å². The van der Waals surface area contributed by atoms with Crippen molar-refractivity contribution in [2.24, 2.45) is 0 Å². The van der Waals surface area contributed by atoms with Crippen LogP contribution in [0.2, 0.25) is 0 Å². The summed E-state index contributed by atoms with van der Waals surface area (Å²) in [6.45, 7) is 4.16. The Morgan fingerprint density at radius 3 is 2.42 bits per heavy atom. The van der Waals surface area contributed by atoms with E-state index >= 15 is 0 Å². The fraction of sp³-hybridized carbons (Fsp3) is 0.158. The Balaban J connectivity index is 2.07. The Bertz CT molecular complexity index is 851. The fourth-order valence-corrected chi connectivity index (χ4v) is 3.79. The molecule has 0 unspecified atom stereocenters. The van der Waals surface area contributed by atoms with Gasteiger partial charge in [0.05, 0.1) is 12.0 Å². The molecule has 0 radical (unpaired) electrons. The molecule has 0 atom stereocenters. The third-order valence-electron chi connectivity index (χ3n) is 3.70. The van der Waals surface area contributed by atoms with Crippen molar-refractivity contribution in [3.05, 3.63) is 58.0 Å². The summed E-state index contributed by atoms with van der Waals surface area (Å²) in [5.74, 6) is 0.662. The molecule has 1 aliphatic heterocycles. The second-order valence-corrected chi connectivity index (χ2v) is 7.41. The number of hydrogen-bond acceptors (Lipinski definition) is 4. The summed E-state index contributed by atoms with van der Waals surface area (Å²) in [5, 5.41) is 2.63. The highest BCUT2D eigenvalue weighted by Crippen LogP contribution is 2.34. The molecule has 0 bridgehead atoms. The van der Waals surface area contributed by atoms with E-state index in [1.807, 2.05) is 24.3 Å². The van der Waals surface area contributed by atoms with Crippen LogP contribution < -0.4 is 10.1 Å². The summed E-state index contributed by atoms with van der Waals surface area (Å²) in [6.07, 6.45) is 1.85. The maximum Gasteiger partial charge on any atom is 0.263 e. The highest BCUT2D eigenvalue weighted by atomic mass is 32.2. The van der Waals surface area contributed by atoms with E-state index in [4.69, 9.17) is 17.0 Å². The van der Waals surface area contributed by atoms with Gasteiger partial charge in [-0.05, 0) is 43.2 Å². The van der Waals surface area contributed by atoms with E-state index in [9.17, 15) is 4.79 Å². The number of nitrogens with one attached hydrogen (secondary N) is 1. The highest BCUT2D eigenvalue weighted by Gasteiger charge is 2.22. The smallest absolute Gasteiger partial charge is 0.263 e. The number of ether oxygens (including phenoxy) is 1. The molecule has 1 amide bonds. The number of benzene rings is 2. The van der Waals surface area contributed by atoms with Gasteiger partial charge in [-0.3, -0.25) is 4.79 Å². The second-order valence-electron chi connectivity index (χ2n) is 5.69. The molecule has 0 saturated carbocycles. The van der Waals surface area contributed by atoms with Gasteiger partial charge in [0.15, 0.2) is 0 Å². The molecule has 5 heteroatoms. The van der Waals surface area contributed by atoms with Crippen molar-refractivity contribution in [1.29, 1.82) is 0 Å². The fourth-order valence-electron chi connectivity index (χ4n) is 2.74. The molecule has 1 aliphatic rings. The summed E-state index contributed by atoms with van der Waals surface area (Å²) in [4.78, 5) is 12.5. The number of aryl methyl sites for hydroxylation is 2. The SMILES string of the molecule is COc1ccc(/C=C2\SC(=S)NC2=O)cc1-c1cc(C)cc(C)c1. The minimum Gasteiger partial charge on any atom is -0.496 e. The molecule has 3 nitrogen and oxygen atoms in total. The van der Waals surface area contributed by atoms with E-state index in [0.29, 0.717) is 9.23 Å². The van der Waals surface area contributed by atoms with E-state index in [1.54, 1.807) is 7.11 Å². The summed E-state index contributed by atoms with van der Waals surface area (Å²) in [5.41, 5.74) is 5.44. The Hall–Kier alpha value is -2.11. The summed E-state index contributed by atoms with van der Waals surface area (Å²) in [6, 6.07) is 12.3. The third-order valence-corrected chi connectivity index (χ3v) is 4.86. The van der Waals surface area contributed by atoms with Crippen LogP contribution in [0.5, 0.6) is 5.75 Å². The minimum absolute atomic E-state index is 0.145. The molecule has 122 valence electrons. The van der Waals surface area contributed by atoms with E-state index < -0.39 is 0 Å². The zero-order valence-corrected chi connectivity index (χ0v) is 15.3. The van der Waals surface area contributed by atoms with Gasteiger partial charge in [0.2, 0.25) is 0 Å². The third kappa shape index (κ3) is 3.52. The summed E-state index contributed by atoms with van der Waals surface area (Å²) < 4.78 is 6.01. The van der Waals surface area contributed by atoms with Gasteiger partial charge >= 0.3 is 0 Å². The number of thiocarbonyl (C=S) groups is 1. The van der Waals surface area contributed by atoms with Crippen LogP contribution in [0.4, 0.5) is 0 Å². The Kier molecular flexibility index (Phi) is 4.73. The molecular formula is C19H17NO2S2. The number of carbonyl (C=O) groups is 1. The average molecular weight is 355 g/mol. The first kappa shape index (κ1) is 16.7. The zero-order valence-electron chi connectivity index (χ0n) is 13.7. The Morgan fingerprint density at radius 1 is 1.12 bits per heavy atom. The molecule has 3 rings (SSSR count). The highest BCUT2D eigenvalue weighted by molar-refractivity contribution is 8.26. The van der Waals surface area contributed by atoms with Crippen molar-refractivity contribution < 1.29 is 9.53 Å². The number of thioether (sulfide) groups is 1. The van der Waals surface area contributed by atoms with Crippen molar-refractivity contribution in [3.63, 3.8) is 0 Å². The number of carbonyl (C=O) groups excluding carboxylic acids is 1. The lowest BCUT2D eigenvalue weighted by Crippen LogP contribution is -2.17. The van der Waals surface area contributed by atoms with Gasteiger partial charge in [0.1, 0.15) is 10.1 Å². The van der Waals surface area contributed by atoms with Gasteiger partial charge in [-0.2, -0.15) is 0 Å². The largest absolute Gasteiger partial charge is 0.496 e. The molecule has 2 aromatic rings. The first-order valence-electron chi connectivity index (χ1n) is 7.48. The first-order chi connectivity index (χ1) is 11.5. The number of hydrogen-bond donors (Lipinski definition) is 1. The summed E-state index contributed by atoms with van der Waals surface area (Å²) >= 11 is 6.32. The molecule has 1 saturated heterocycles. The van der Waals surface area contributed by atoms with Gasteiger partial charge in [0.25, 0.3) is 5.91 Å².